The van der Waals surface area contributed by atoms with Crippen molar-refractivity contribution in [1.29, 1.82) is 0 Å². The first kappa shape index (κ1) is 49.3. The van der Waals surface area contributed by atoms with Gasteiger partial charge in [-0.15, -0.1) is 11.3 Å². The van der Waals surface area contributed by atoms with Gasteiger partial charge in [-0.05, 0) is 88.3 Å². The quantitative estimate of drug-likeness (QED) is 0.134. The van der Waals surface area contributed by atoms with Crippen molar-refractivity contribution in [2.24, 2.45) is 11.3 Å². The summed E-state index contributed by atoms with van der Waals surface area (Å²) in [5, 5.41) is 8.11. The summed E-state index contributed by atoms with van der Waals surface area (Å²) in [7, 11) is 4.98. The number of hydrogen-bond acceptors (Lipinski definition) is 11. The lowest BCUT2D eigenvalue weighted by Gasteiger charge is -2.37. The standard InChI is InChI=1S/C50H67N9O7S/c1-12-42(60)55(9)33-22-30(5)58(26-33)49(64)56(10)44(29(3)4)46(61)53-38-24-41-52-39(27-67-41)32-18-19-40-35(23-32)36(45(57(40)13-2)34-16-14-20-51-43(34)31(6)65-11)25-50(7,8)28-66-48(63)37-17-15-21-59(54-37)47(38)62/h12,14,16,18-20,23,27,29-31,33,37-38,44,54H,1,13,15,17,21-22,24-26,28H2,2-11H3,(H,53,61)/t30-,31+,33-,37+,38+,44?/m1/s1. The Kier molecular flexibility index (Phi) is 14.9. The number of nitrogens with zero attached hydrogens (tertiary/aromatic N) is 7. The first-order valence-electron chi connectivity index (χ1n) is 23.4. The Hall–Kier alpha value is -5.65. The van der Waals surface area contributed by atoms with E-state index in [4.69, 9.17) is 19.4 Å². The number of aryl methyl sites for hydroxylation is 1. The van der Waals surface area contributed by atoms with Gasteiger partial charge in [0.05, 0.1) is 40.8 Å². The number of aromatic nitrogens is 3. The second-order valence-corrected chi connectivity index (χ2v) is 20.3. The molecule has 2 N–H and O–H groups in total. The lowest BCUT2D eigenvalue weighted by molar-refractivity contribution is -0.155. The Morgan fingerprint density at radius 2 is 1.93 bits per heavy atom. The molecule has 6 atom stereocenters. The molecule has 2 fully saturated rings. The molecule has 4 aromatic rings. The molecule has 360 valence electrons. The molecule has 16 nitrogen and oxygen atoms in total. The van der Waals surface area contributed by atoms with E-state index >= 15 is 0 Å². The molecule has 7 rings (SSSR count). The van der Waals surface area contributed by atoms with Gasteiger partial charge >= 0.3 is 12.0 Å². The van der Waals surface area contributed by atoms with Gasteiger partial charge in [-0.3, -0.25) is 29.2 Å². The average molecular weight is 938 g/mol. The molecular formula is C50H67N9O7S. The number of likely N-dealkylation sites (N-methyl/N-ethyl adjacent to an activating group) is 2. The Balaban J connectivity index is 1.25. The third-order valence-corrected chi connectivity index (χ3v) is 14.5. The van der Waals surface area contributed by atoms with Crippen LogP contribution in [0, 0.1) is 11.3 Å². The van der Waals surface area contributed by atoms with Gasteiger partial charge in [0.2, 0.25) is 11.8 Å². The minimum absolute atomic E-state index is 0.0685. The zero-order valence-corrected chi connectivity index (χ0v) is 41.4. The van der Waals surface area contributed by atoms with E-state index in [1.54, 1.807) is 37.2 Å². The van der Waals surface area contributed by atoms with Gasteiger partial charge in [0.15, 0.2) is 0 Å². The predicted octanol–water partition coefficient (Wildman–Crippen LogP) is 6.39. The zero-order valence-electron chi connectivity index (χ0n) is 40.6. The largest absolute Gasteiger partial charge is 0.464 e. The number of benzene rings is 1. The minimum atomic E-state index is -1.09. The SMILES string of the molecule is C=CC(=O)N(C)[C@@H]1C[C@@H](C)N(C(=O)N(C)C(C(=O)N[C@H]2Cc3nc(cs3)-c3ccc4c(c3)c(c(-c3cccnc3[C@H](C)OC)n4CC)CC(C)(C)COC(=O)[C@@H]3CCCN(N3)C2=O)C(C)C)C1. The summed E-state index contributed by atoms with van der Waals surface area (Å²) >= 11 is 1.40. The number of fused-ring (bicyclic) bond motifs is 6. The Labute approximate surface area is 398 Å². The summed E-state index contributed by atoms with van der Waals surface area (Å²) in [6.45, 7) is 19.0. The van der Waals surface area contributed by atoms with Gasteiger partial charge in [-0.2, -0.15) is 0 Å². The number of nitrogens with one attached hydrogen (secondary N) is 2. The number of carbonyl (C=O) groups is 5. The molecule has 17 heteroatoms. The molecule has 1 aromatic carbocycles. The van der Waals surface area contributed by atoms with Crippen molar-refractivity contribution in [3.63, 3.8) is 0 Å². The number of methoxy groups -OCH3 is 1. The number of hydrogen-bond donors (Lipinski definition) is 2. The highest BCUT2D eigenvalue weighted by molar-refractivity contribution is 7.10. The van der Waals surface area contributed by atoms with Crippen LogP contribution in [0.2, 0.25) is 0 Å². The third kappa shape index (κ3) is 10.1. The smallest absolute Gasteiger partial charge is 0.324 e. The Morgan fingerprint density at radius 3 is 2.63 bits per heavy atom. The van der Waals surface area contributed by atoms with Crippen LogP contribution in [0.1, 0.15) is 90.1 Å². The molecule has 0 spiro atoms. The molecule has 6 heterocycles. The van der Waals surface area contributed by atoms with Gasteiger partial charge in [0.1, 0.15) is 18.1 Å². The van der Waals surface area contributed by atoms with Crippen molar-refractivity contribution in [2.45, 2.75) is 123 Å². The van der Waals surface area contributed by atoms with E-state index in [0.29, 0.717) is 50.3 Å². The fourth-order valence-electron chi connectivity index (χ4n) is 9.94. The average Bonchev–Trinajstić information content (AvgIpc) is 4.03. The van der Waals surface area contributed by atoms with Crippen LogP contribution in [0.15, 0.2) is 54.6 Å². The number of thiazole rings is 1. The molecule has 5 amide bonds. The maximum absolute atomic E-state index is 14.7. The summed E-state index contributed by atoms with van der Waals surface area (Å²) < 4.78 is 14.2. The lowest BCUT2D eigenvalue weighted by atomic mass is 9.84. The highest BCUT2D eigenvalue weighted by Crippen LogP contribution is 2.42. The molecule has 0 aliphatic carbocycles. The maximum atomic E-state index is 14.7. The topological polar surface area (TPSA) is 172 Å². The van der Waals surface area contributed by atoms with Crippen LogP contribution < -0.4 is 10.7 Å². The van der Waals surface area contributed by atoms with Crippen molar-refractivity contribution in [3.8, 4) is 22.5 Å². The summed E-state index contributed by atoms with van der Waals surface area (Å²) in [4.78, 5) is 84.4. The van der Waals surface area contributed by atoms with Gasteiger partial charge in [-0.25, -0.2) is 15.2 Å². The van der Waals surface area contributed by atoms with E-state index in [1.165, 1.54) is 27.3 Å². The van der Waals surface area contributed by atoms with Crippen molar-refractivity contribution >= 4 is 52.0 Å². The molecule has 6 bridgehead atoms. The minimum Gasteiger partial charge on any atom is -0.464 e. The van der Waals surface area contributed by atoms with Crippen LogP contribution in [0.25, 0.3) is 33.4 Å². The molecule has 67 heavy (non-hydrogen) atoms. The van der Waals surface area contributed by atoms with Crippen LogP contribution >= 0.6 is 11.3 Å². The molecule has 2 saturated heterocycles. The van der Waals surface area contributed by atoms with Crippen molar-refractivity contribution in [1.82, 2.24) is 45.0 Å². The normalized spacial score (nSPS) is 22.0. The second-order valence-electron chi connectivity index (χ2n) is 19.4. The van der Waals surface area contributed by atoms with Crippen LogP contribution in [-0.4, -0.2) is 135 Å². The Bertz CT molecular complexity index is 2520. The second kappa shape index (κ2) is 20.3. The van der Waals surface area contributed by atoms with Crippen LogP contribution in [0.3, 0.4) is 0 Å². The molecule has 3 aliphatic heterocycles. The monoisotopic (exact) mass is 937 g/mol. The van der Waals surface area contributed by atoms with E-state index in [2.05, 4.69) is 66.9 Å². The highest BCUT2D eigenvalue weighted by atomic mass is 32.1. The van der Waals surface area contributed by atoms with E-state index in [0.717, 1.165) is 44.7 Å². The number of rotatable bonds is 10. The number of urea groups is 1. The first-order valence-corrected chi connectivity index (χ1v) is 24.3. The number of ether oxygens (including phenoxy) is 2. The molecule has 0 saturated carbocycles. The van der Waals surface area contributed by atoms with Gasteiger partial charge in [0, 0.05) is 92.3 Å². The predicted molar refractivity (Wildman–Crippen MR) is 259 cm³/mol. The summed E-state index contributed by atoms with van der Waals surface area (Å²) in [5.74, 6) is -1.94. The lowest BCUT2D eigenvalue weighted by Crippen LogP contribution is -2.62. The van der Waals surface area contributed by atoms with Crippen LogP contribution in [0.5, 0.6) is 0 Å². The number of hydrazine groups is 1. The maximum Gasteiger partial charge on any atom is 0.324 e. The molecular weight excluding hydrogens is 871 g/mol. The van der Waals surface area contributed by atoms with Crippen molar-refractivity contribution in [3.05, 3.63) is 70.8 Å². The van der Waals surface area contributed by atoms with E-state index in [9.17, 15) is 24.0 Å². The summed E-state index contributed by atoms with van der Waals surface area (Å²) in [6, 6.07) is 6.83. The van der Waals surface area contributed by atoms with Gasteiger partial charge < -0.3 is 34.1 Å². The molecule has 3 aliphatic rings. The van der Waals surface area contributed by atoms with Crippen molar-refractivity contribution < 1.29 is 33.4 Å². The van der Waals surface area contributed by atoms with Crippen LogP contribution in [0.4, 0.5) is 4.79 Å². The molecule has 1 unspecified atom stereocenters. The van der Waals surface area contributed by atoms with E-state index in [1.807, 2.05) is 39.1 Å². The number of likely N-dealkylation sites (tertiary alicyclic amines) is 1. The number of carbonyl (C=O) groups excluding carboxylic acids is 5. The summed E-state index contributed by atoms with van der Waals surface area (Å²) in [6.07, 6.45) is 5.01. The van der Waals surface area contributed by atoms with Gasteiger partial charge in [-0.1, -0.05) is 40.3 Å². The van der Waals surface area contributed by atoms with Gasteiger partial charge in [0.25, 0.3) is 5.91 Å². The summed E-state index contributed by atoms with van der Waals surface area (Å²) in [5.41, 5.74) is 9.24. The third-order valence-electron chi connectivity index (χ3n) is 13.6. The van der Waals surface area contributed by atoms with Crippen molar-refractivity contribution in [2.75, 3.05) is 40.9 Å². The number of cyclic esters (lactones) is 1. The molecule has 0 radical (unpaired) electrons. The fraction of sp³-hybridized carbons (Fsp3) is 0.540. The number of pyridine rings is 1. The van der Waals surface area contributed by atoms with E-state index in [-0.39, 0.29) is 49.1 Å². The first-order chi connectivity index (χ1) is 31.9. The highest BCUT2D eigenvalue weighted by Gasteiger charge is 2.42. The number of esters is 1. The Morgan fingerprint density at radius 1 is 1.16 bits per heavy atom. The number of amides is 5. The zero-order chi connectivity index (χ0) is 48.5. The van der Waals surface area contributed by atoms with E-state index < -0.39 is 41.3 Å². The van der Waals surface area contributed by atoms with Crippen LogP contribution in [-0.2, 0) is 48.0 Å². The fourth-order valence-corrected chi connectivity index (χ4v) is 10.8. The molecule has 3 aromatic heterocycles.